The summed E-state index contributed by atoms with van der Waals surface area (Å²) in [6.45, 7) is 0. The molecule has 2 aromatic rings. The van der Waals surface area contributed by atoms with E-state index in [-0.39, 0.29) is 5.97 Å². The van der Waals surface area contributed by atoms with Crippen molar-refractivity contribution < 1.29 is 14.3 Å². The van der Waals surface area contributed by atoms with Crippen LogP contribution >= 0.6 is 0 Å². The van der Waals surface area contributed by atoms with E-state index in [1.54, 1.807) is 11.8 Å². The van der Waals surface area contributed by atoms with Gasteiger partial charge in [-0.25, -0.2) is 4.68 Å². The van der Waals surface area contributed by atoms with Gasteiger partial charge in [0.2, 0.25) is 0 Å². The van der Waals surface area contributed by atoms with Crippen LogP contribution in [-0.2, 0) is 16.0 Å². The molecule has 0 saturated carbocycles. The molecule has 0 atom stereocenters. The summed E-state index contributed by atoms with van der Waals surface area (Å²) >= 11 is 0. The van der Waals surface area contributed by atoms with E-state index >= 15 is 0 Å². The van der Waals surface area contributed by atoms with Crippen molar-refractivity contribution in [2.24, 2.45) is 0 Å². The lowest BCUT2D eigenvalue weighted by molar-refractivity contribution is -0.140. The molecule has 0 aliphatic rings. The van der Waals surface area contributed by atoms with Gasteiger partial charge in [-0.2, -0.15) is 5.10 Å². The Morgan fingerprint density at radius 2 is 2.05 bits per heavy atom. The Morgan fingerprint density at radius 1 is 1.26 bits per heavy atom. The van der Waals surface area contributed by atoms with Gasteiger partial charge < -0.3 is 9.47 Å². The highest BCUT2D eigenvalue weighted by Crippen LogP contribution is 2.21. The van der Waals surface area contributed by atoms with E-state index in [9.17, 15) is 4.79 Å². The minimum Gasteiger partial charge on any atom is -0.494 e. The van der Waals surface area contributed by atoms with Crippen molar-refractivity contribution in [3.05, 3.63) is 42.2 Å². The first-order valence-electron chi connectivity index (χ1n) is 5.99. The molecule has 19 heavy (non-hydrogen) atoms. The fourth-order valence-electron chi connectivity index (χ4n) is 1.78. The minimum atomic E-state index is -0.230. The van der Waals surface area contributed by atoms with Crippen LogP contribution in [0.1, 0.15) is 12.1 Å². The standard InChI is InChI=1S/C14H16N2O3/c1-18-13-6-4-3-5-12(13)16-10-9-11(15-16)7-8-14(17)19-2/h3-6,9-10H,7-8H2,1-2H3. The maximum absolute atomic E-state index is 11.1. The Hall–Kier alpha value is -2.30. The third-order valence-corrected chi connectivity index (χ3v) is 2.79. The lowest BCUT2D eigenvalue weighted by Gasteiger charge is -2.07. The van der Waals surface area contributed by atoms with Crippen LogP contribution in [0.2, 0.25) is 0 Å². The van der Waals surface area contributed by atoms with Crippen LogP contribution in [0.3, 0.4) is 0 Å². The minimum absolute atomic E-state index is 0.230. The fourth-order valence-corrected chi connectivity index (χ4v) is 1.78. The van der Waals surface area contributed by atoms with Crippen LogP contribution in [0.25, 0.3) is 5.69 Å². The quantitative estimate of drug-likeness (QED) is 0.771. The topological polar surface area (TPSA) is 53.4 Å². The van der Waals surface area contributed by atoms with Gasteiger partial charge >= 0.3 is 5.97 Å². The Balaban J connectivity index is 2.14. The van der Waals surface area contributed by atoms with E-state index in [4.69, 9.17) is 4.74 Å². The van der Waals surface area contributed by atoms with Crippen LogP contribution < -0.4 is 4.74 Å². The number of nitrogens with zero attached hydrogens (tertiary/aromatic N) is 2. The summed E-state index contributed by atoms with van der Waals surface area (Å²) in [7, 11) is 3.01. The first kappa shape index (κ1) is 13.1. The Bertz CT molecular complexity index is 563. The van der Waals surface area contributed by atoms with Gasteiger partial charge in [-0.3, -0.25) is 4.79 Å². The molecule has 0 amide bonds. The number of hydrogen-bond donors (Lipinski definition) is 0. The first-order chi connectivity index (χ1) is 9.24. The normalized spacial score (nSPS) is 10.2. The fraction of sp³-hybridized carbons (Fsp3) is 0.286. The van der Waals surface area contributed by atoms with Crippen LogP contribution in [-0.4, -0.2) is 30.0 Å². The average molecular weight is 260 g/mol. The van der Waals surface area contributed by atoms with Crippen molar-refractivity contribution in [2.75, 3.05) is 14.2 Å². The smallest absolute Gasteiger partial charge is 0.305 e. The number of methoxy groups -OCH3 is 2. The largest absolute Gasteiger partial charge is 0.494 e. The molecule has 5 nitrogen and oxygen atoms in total. The molecule has 0 aliphatic carbocycles. The molecule has 2 rings (SSSR count). The molecule has 100 valence electrons. The second-order valence-electron chi connectivity index (χ2n) is 4.00. The van der Waals surface area contributed by atoms with Crippen molar-refractivity contribution in [1.29, 1.82) is 0 Å². The highest BCUT2D eigenvalue weighted by atomic mass is 16.5. The van der Waals surface area contributed by atoms with Crippen LogP contribution in [0, 0.1) is 0 Å². The average Bonchev–Trinajstić information content (AvgIpc) is 2.93. The van der Waals surface area contributed by atoms with Crippen molar-refractivity contribution in [2.45, 2.75) is 12.8 Å². The molecule has 0 N–H and O–H groups in total. The zero-order valence-corrected chi connectivity index (χ0v) is 11.0. The molecule has 0 aliphatic heterocycles. The number of hydrogen-bond acceptors (Lipinski definition) is 4. The summed E-state index contributed by atoms with van der Waals surface area (Å²) in [4.78, 5) is 11.1. The second-order valence-corrected chi connectivity index (χ2v) is 4.00. The van der Waals surface area contributed by atoms with E-state index in [0.29, 0.717) is 12.8 Å². The number of carbonyl (C=O) groups is 1. The predicted octanol–water partition coefficient (Wildman–Crippen LogP) is 1.99. The van der Waals surface area contributed by atoms with Gasteiger partial charge in [0.25, 0.3) is 0 Å². The maximum Gasteiger partial charge on any atom is 0.305 e. The van der Waals surface area contributed by atoms with Crippen LogP contribution in [0.5, 0.6) is 5.75 Å². The molecule has 1 heterocycles. The molecule has 0 radical (unpaired) electrons. The number of rotatable bonds is 5. The summed E-state index contributed by atoms with van der Waals surface area (Å²) in [6, 6.07) is 9.52. The number of ether oxygens (including phenoxy) is 2. The lowest BCUT2D eigenvalue weighted by atomic mass is 10.2. The van der Waals surface area contributed by atoms with E-state index in [1.807, 2.05) is 36.5 Å². The third kappa shape index (κ3) is 3.13. The number of carbonyl (C=O) groups excluding carboxylic acids is 1. The van der Waals surface area contributed by atoms with Crippen LogP contribution in [0.15, 0.2) is 36.5 Å². The predicted molar refractivity (Wildman–Crippen MR) is 70.5 cm³/mol. The van der Waals surface area contributed by atoms with Gasteiger partial charge in [0, 0.05) is 12.6 Å². The number of para-hydroxylation sites is 2. The van der Waals surface area contributed by atoms with E-state index in [0.717, 1.165) is 17.1 Å². The van der Waals surface area contributed by atoms with E-state index < -0.39 is 0 Å². The van der Waals surface area contributed by atoms with Gasteiger partial charge in [-0.1, -0.05) is 12.1 Å². The molecular weight excluding hydrogens is 244 g/mol. The van der Waals surface area contributed by atoms with Gasteiger partial charge in [0.1, 0.15) is 11.4 Å². The summed E-state index contributed by atoms with van der Waals surface area (Å²) in [6.07, 6.45) is 2.75. The van der Waals surface area contributed by atoms with Crippen molar-refractivity contribution in [1.82, 2.24) is 9.78 Å². The monoisotopic (exact) mass is 260 g/mol. The molecular formula is C14H16N2O3. The molecule has 0 saturated heterocycles. The molecule has 0 fully saturated rings. The first-order valence-corrected chi connectivity index (χ1v) is 5.99. The Kier molecular flexibility index (Phi) is 4.18. The van der Waals surface area contributed by atoms with E-state index in [1.165, 1.54) is 7.11 Å². The summed E-state index contributed by atoms with van der Waals surface area (Å²) in [5, 5.41) is 4.42. The Morgan fingerprint density at radius 3 is 2.79 bits per heavy atom. The SMILES string of the molecule is COC(=O)CCc1ccn(-c2ccccc2OC)n1. The number of aryl methyl sites for hydroxylation is 1. The molecule has 1 aromatic carbocycles. The van der Waals surface area contributed by atoms with Gasteiger partial charge in [0.15, 0.2) is 0 Å². The van der Waals surface area contributed by atoms with Crippen LogP contribution in [0.4, 0.5) is 0 Å². The Labute approximate surface area is 111 Å². The third-order valence-electron chi connectivity index (χ3n) is 2.79. The molecule has 0 bridgehead atoms. The molecule has 0 spiro atoms. The number of benzene rings is 1. The summed E-state index contributed by atoms with van der Waals surface area (Å²) in [5.41, 5.74) is 1.71. The molecule has 0 unspecified atom stereocenters. The van der Waals surface area contributed by atoms with Crippen molar-refractivity contribution in [3.8, 4) is 11.4 Å². The van der Waals surface area contributed by atoms with Crippen molar-refractivity contribution >= 4 is 5.97 Å². The zero-order chi connectivity index (χ0) is 13.7. The van der Waals surface area contributed by atoms with Gasteiger partial charge in [-0.05, 0) is 18.2 Å². The second kappa shape index (κ2) is 6.04. The highest BCUT2D eigenvalue weighted by Gasteiger charge is 2.08. The van der Waals surface area contributed by atoms with E-state index in [2.05, 4.69) is 9.84 Å². The number of aromatic nitrogens is 2. The highest BCUT2D eigenvalue weighted by molar-refractivity contribution is 5.69. The van der Waals surface area contributed by atoms with Crippen molar-refractivity contribution in [3.63, 3.8) is 0 Å². The lowest BCUT2D eigenvalue weighted by Crippen LogP contribution is -2.03. The summed E-state index contributed by atoms with van der Waals surface area (Å²) < 4.78 is 11.6. The molecule has 1 aromatic heterocycles. The van der Waals surface area contributed by atoms with Gasteiger partial charge in [0.05, 0.1) is 26.3 Å². The number of esters is 1. The summed E-state index contributed by atoms with van der Waals surface area (Å²) in [5.74, 6) is 0.525. The van der Waals surface area contributed by atoms with Gasteiger partial charge in [-0.15, -0.1) is 0 Å². The zero-order valence-electron chi connectivity index (χ0n) is 11.0. The maximum atomic E-state index is 11.1. The molecule has 5 heteroatoms.